The van der Waals surface area contributed by atoms with Gasteiger partial charge in [-0.2, -0.15) is 0 Å². The van der Waals surface area contributed by atoms with Crippen molar-refractivity contribution in [3.63, 3.8) is 0 Å². The molecule has 19 heavy (non-hydrogen) atoms. The Kier molecular flexibility index (Phi) is 3.32. The van der Waals surface area contributed by atoms with Gasteiger partial charge in [0.15, 0.2) is 11.2 Å². The molecule has 7 nitrogen and oxygen atoms in total. The van der Waals surface area contributed by atoms with E-state index in [0.717, 1.165) is 10.4 Å². The molecule has 0 amide bonds. The lowest BCUT2D eigenvalue weighted by molar-refractivity contribution is 0.551. The van der Waals surface area contributed by atoms with Crippen LogP contribution in [0.25, 0.3) is 11.2 Å². The second-order valence-corrected chi connectivity index (χ2v) is 4.91. The second-order valence-electron chi connectivity index (χ2n) is 4.91. The maximum Gasteiger partial charge on any atom is 0.332 e. The number of hydrogen-bond acceptors (Lipinski definition) is 4. The Morgan fingerprint density at radius 2 is 1.84 bits per heavy atom. The van der Waals surface area contributed by atoms with Crippen LogP contribution in [0.5, 0.6) is 0 Å². The lowest BCUT2D eigenvalue weighted by Crippen LogP contribution is -2.39. The Balaban J connectivity index is 3.00. The van der Waals surface area contributed by atoms with E-state index in [0.29, 0.717) is 24.1 Å². The van der Waals surface area contributed by atoms with Gasteiger partial charge < -0.3 is 10.3 Å². The Bertz CT molecular complexity index is 735. The molecule has 2 aromatic rings. The van der Waals surface area contributed by atoms with Crippen molar-refractivity contribution in [1.82, 2.24) is 18.7 Å². The normalized spacial score (nSPS) is 11.7. The molecule has 7 heteroatoms. The zero-order valence-electron chi connectivity index (χ0n) is 11.7. The fraction of sp³-hybridized carbons (Fsp3) is 0.583. The molecule has 2 heterocycles. The minimum Gasteiger partial charge on any atom is -0.330 e. The monoisotopic (exact) mass is 265 g/mol. The van der Waals surface area contributed by atoms with Gasteiger partial charge in [0.25, 0.3) is 5.56 Å². The van der Waals surface area contributed by atoms with Gasteiger partial charge in [0.05, 0.1) is 0 Å². The number of nitrogens with zero attached hydrogens (tertiary/aromatic N) is 4. The van der Waals surface area contributed by atoms with Crippen molar-refractivity contribution in [1.29, 1.82) is 0 Å². The molecule has 0 radical (unpaired) electrons. The van der Waals surface area contributed by atoms with E-state index in [9.17, 15) is 9.59 Å². The zero-order chi connectivity index (χ0) is 14.3. The first-order chi connectivity index (χ1) is 8.90. The third-order valence-electron chi connectivity index (χ3n) is 3.28. The maximum atomic E-state index is 12.2. The summed E-state index contributed by atoms with van der Waals surface area (Å²) in [5, 5.41) is 0. The van der Waals surface area contributed by atoms with E-state index in [1.54, 1.807) is 11.6 Å². The van der Waals surface area contributed by atoms with E-state index in [2.05, 4.69) is 4.98 Å². The predicted molar refractivity (Wildman–Crippen MR) is 73.4 cm³/mol. The Hall–Kier alpha value is -1.89. The average Bonchev–Trinajstić information content (AvgIpc) is 2.64. The first-order valence-electron chi connectivity index (χ1n) is 6.27. The summed E-state index contributed by atoms with van der Waals surface area (Å²) in [6.45, 7) is 4.23. The largest absolute Gasteiger partial charge is 0.332 e. The molecule has 0 saturated heterocycles. The molecule has 0 bridgehead atoms. The first-order valence-corrected chi connectivity index (χ1v) is 6.27. The van der Waals surface area contributed by atoms with Crippen molar-refractivity contribution in [2.75, 3.05) is 6.54 Å². The van der Waals surface area contributed by atoms with Crippen molar-refractivity contribution in [2.24, 2.45) is 19.8 Å². The maximum absolute atomic E-state index is 12.2. The van der Waals surface area contributed by atoms with E-state index in [1.165, 1.54) is 11.6 Å². The molecular formula is C12H19N5O2. The Morgan fingerprint density at radius 1 is 1.21 bits per heavy atom. The smallest absolute Gasteiger partial charge is 0.330 e. The molecule has 0 unspecified atom stereocenters. The molecule has 0 aliphatic heterocycles. The lowest BCUT2D eigenvalue weighted by Gasteiger charge is -2.11. The Morgan fingerprint density at radius 3 is 2.37 bits per heavy atom. The Labute approximate surface area is 110 Å². The zero-order valence-corrected chi connectivity index (χ0v) is 11.7. The van der Waals surface area contributed by atoms with Crippen LogP contribution in [0.2, 0.25) is 0 Å². The number of fused-ring (bicyclic) bond motifs is 1. The van der Waals surface area contributed by atoms with E-state index < -0.39 is 0 Å². The summed E-state index contributed by atoms with van der Waals surface area (Å²) in [7, 11) is 3.26. The summed E-state index contributed by atoms with van der Waals surface area (Å²) < 4.78 is 4.38. The van der Waals surface area contributed by atoms with Crippen molar-refractivity contribution >= 4 is 11.2 Å². The second kappa shape index (κ2) is 4.65. The number of aryl methyl sites for hydroxylation is 1. The minimum absolute atomic E-state index is 0.0672. The van der Waals surface area contributed by atoms with Gasteiger partial charge in [-0.1, -0.05) is 0 Å². The van der Waals surface area contributed by atoms with Crippen molar-refractivity contribution in [3.05, 3.63) is 26.7 Å². The lowest BCUT2D eigenvalue weighted by atomic mass is 10.3. The third kappa shape index (κ3) is 1.90. The van der Waals surface area contributed by atoms with Crippen LogP contribution in [0.3, 0.4) is 0 Å². The molecule has 0 spiro atoms. The number of nitrogens with two attached hydrogens (primary N) is 1. The van der Waals surface area contributed by atoms with Crippen LogP contribution in [0, 0.1) is 0 Å². The van der Waals surface area contributed by atoms with Crippen LogP contribution in [-0.4, -0.2) is 25.2 Å². The fourth-order valence-electron chi connectivity index (χ4n) is 2.25. The number of rotatable bonds is 3. The summed E-state index contributed by atoms with van der Waals surface area (Å²) in [4.78, 5) is 28.8. The third-order valence-corrected chi connectivity index (χ3v) is 3.28. The highest BCUT2D eigenvalue weighted by molar-refractivity contribution is 5.71. The van der Waals surface area contributed by atoms with E-state index in [4.69, 9.17) is 5.73 Å². The van der Waals surface area contributed by atoms with Crippen LogP contribution in [-0.2, 0) is 20.5 Å². The standard InChI is InChI=1S/C12H19N5O2/c1-7(2)17-10-9(11(18)16(4)12(17)19)15(3)8(14-10)5-6-13/h7H,5-6,13H2,1-4H3. The highest BCUT2D eigenvalue weighted by Gasteiger charge is 2.19. The molecule has 0 aromatic carbocycles. The van der Waals surface area contributed by atoms with Gasteiger partial charge in [0.2, 0.25) is 0 Å². The van der Waals surface area contributed by atoms with Crippen molar-refractivity contribution < 1.29 is 0 Å². The number of aromatic nitrogens is 4. The summed E-state index contributed by atoms with van der Waals surface area (Å²) >= 11 is 0. The highest BCUT2D eigenvalue weighted by atomic mass is 16.2. The predicted octanol–water partition coefficient (Wildman–Crippen LogP) is -0.484. The van der Waals surface area contributed by atoms with Crippen LogP contribution in [0.4, 0.5) is 0 Å². The molecule has 2 aromatic heterocycles. The van der Waals surface area contributed by atoms with Gasteiger partial charge in [-0.15, -0.1) is 0 Å². The molecule has 0 aliphatic rings. The van der Waals surface area contributed by atoms with Crippen LogP contribution >= 0.6 is 0 Å². The van der Waals surface area contributed by atoms with E-state index in [-0.39, 0.29) is 17.3 Å². The highest BCUT2D eigenvalue weighted by Crippen LogP contribution is 2.13. The van der Waals surface area contributed by atoms with Crippen LogP contribution in [0.1, 0.15) is 25.7 Å². The minimum atomic E-state index is -0.343. The fourth-order valence-corrected chi connectivity index (χ4v) is 2.25. The van der Waals surface area contributed by atoms with Crippen molar-refractivity contribution in [3.8, 4) is 0 Å². The van der Waals surface area contributed by atoms with E-state index >= 15 is 0 Å². The molecule has 0 fully saturated rings. The summed E-state index contributed by atoms with van der Waals surface area (Å²) in [6, 6.07) is -0.0672. The van der Waals surface area contributed by atoms with Crippen molar-refractivity contribution in [2.45, 2.75) is 26.3 Å². The molecule has 104 valence electrons. The van der Waals surface area contributed by atoms with Gasteiger partial charge in [0, 0.05) is 26.6 Å². The molecule has 0 atom stereocenters. The number of imidazole rings is 1. The summed E-state index contributed by atoms with van der Waals surface area (Å²) in [6.07, 6.45) is 0.570. The van der Waals surface area contributed by atoms with Crippen LogP contribution in [0.15, 0.2) is 9.59 Å². The first kappa shape index (κ1) is 13.5. The summed E-state index contributed by atoms with van der Waals surface area (Å²) in [5.74, 6) is 0.717. The van der Waals surface area contributed by atoms with Gasteiger partial charge in [-0.05, 0) is 20.4 Å². The van der Waals surface area contributed by atoms with E-state index in [1.807, 2.05) is 13.8 Å². The van der Waals surface area contributed by atoms with Gasteiger partial charge in [-0.25, -0.2) is 9.78 Å². The summed E-state index contributed by atoms with van der Waals surface area (Å²) in [5.41, 5.74) is 5.76. The molecule has 0 saturated carbocycles. The molecular weight excluding hydrogens is 246 g/mol. The molecule has 0 aliphatic carbocycles. The van der Waals surface area contributed by atoms with Gasteiger partial charge >= 0.3 is 5.69 Å². The van der Waals surface area contributed by atoms with Crippen LogP contribution < -0.4 is 17.0 Å². The molecule has 2 N–H and O–H groups in total. The SMILES string of the molecule is CC(C)n1c(=O)n(C)c(=O)c2c1nc(CCN)n2C. The number of hydrogen-bond donors (Lipinski definition) is 1. The quantitative estimate of drug-likeness (QED) is 0.811. The molecule has 2 rings (SSSR count). The van der Waals surface area contributed by atoms with Gasteiger partial charge in [0.1, 0.15) is 5.82 Å². The topological polar surface area (TPSA) is 87.8 Å². The van der Waals surface area contributed by atoms with Gasteiger partial charge in [-0.3, -0.25) is 13.9 Å². The average molecular weight is 265 g/mol.